The van der Waals surface area contributed by atoms with Crippen LogP contribution in [-0.2, 0) is 5.88 Å². The van der Waals surface area contributed by atoms with Crippen molar-refractivity contribution >= 4 is 34.8 Å². The molecule has 2 nitrogen and oxygen atoms in total. The van der Waals surface area contributed by atoms with Gasteiger partial charge in [0.25, 0.3) is 0 Å². The van der Waals surface area contributed by atoms with E-state index in [0.717, 1.165) is 0 Å². The highest BCUT2D eigenvalue weighted by molar-refractivity contribution is 6.36. The number of nitrogens with zero attached hydrogens (tertiary/aromatic N) is 1. The van der Waals surface area contributed by atoms with E-state index in [0.29, 0.717) is 16.9 Å². The van der Waals surface area contributed by atoms with Crippen LogP contribution in [0.5, 0.6) is 0 Å². The van der Waals surface area contributed by atoms with E-state index >= 15 is 0 Å². The first-order chi connectivity index (χ1) is 7.63. The molecule has 84 valence electrons. The highest BCUT2D eigenvalue weighted by Gasteiger charge is 2.16. The average Bonchev–Trinajstić information content (AvgIpc) is 2.71. The molecule has 2 aromatic rings. The minimum Gasteiger partial charge on any atom is -0.356 e. The second kappa shape index (κ2) is 4.62. The van der Waals surface area contributed by atoms with Crippen molar-refractivity contribution in [2.45, 2.75) is 5.88 Å². The van der Waals surface area contributed by atoms with Crippen LogP contribution in [0, 0.1) is 5.82 Å². The van der Waals surface area contributed by atoms with Crippen LogP contribution >= 0.6 is 34.8 Å². The van der Waals surface area contributed by atoms with E-state index in [1.54, 1.807) is 0 Å². The fraction of sp³-hybridized carbons (Fsp3) is 0.100. The van der Waals surface area contributed by atoms with E-state index in [4.69, 9.17) is 39.3 Å². The standard InChI is InChI=1S/C10H5Cl3FNO/c11-3-5-4-15-16-10(5)6-1-9(14)8(13)2-7(6)12/h1-2,4H,3H2. The Balaban J connectivity index is 2.60. The third-order valence-electron chi connectivity index (χ3n) is 2.04. The molecule has 1 aromatic carbocycles. The van der Waals surface area contributed by atoms with E-state index in [2.05, 4.69) is 5.16 Å². The smallest absolute Gasteiger partial charge is 0.172 e. The third kappa shape index (κ3) is 2.03. The zero-order chi connectivity index (χ0) is 11.7. The normalized spacial score (nSPS) is 10.8. The van der Waals surface area contributed by atoms with Gasteiger partial charge in [0, 0.05) is 11.1 Å². The summed E-state index contributed by atoms with van der Waals surface area (Å²) in [4.78, 5) is 0. The van der Waals surface area contributed by atoms with Crippen LogP contribution in [-0.4, -0.2) is 5.16 Å². The van der Waals surface area contributed by atoms with Crippen molar-refractivity contribution in [2.75, 3.05) is 0 Å². The lowest BCUT2D eigenvalue weighted by molar-refractivity contribution is 0.431. The van der Waals surface area contributed by atoms with Crippen LogP contribution in [0.2, 0.25) is 10.0 Å². The van der Waals surface area contributed by atoms with Gasteiger partial charge in [-0.25, -0.2) is 4.39 Å². The van der Waals surface area contributed by atoms with E-state index in [-0.39, 0.29) is 15.9 Å². The van der Waals surface area contributed by atoms with Crippen molar-refractivity contribution < 1.29 is 8.91 Å². The van der Waals surface area contributed by atoms with Gasteiger partial charge in [0.2, 0.25) is 0 Å². The predicted octanol–water partition coefficient (Wildman–Crippen LogP) is 4.53. The summed E-state index contributed by atoms with van der Waals surface area (Å²) in [6.07, 6.45) is 1.46. The highest BCUT2D eigenvalue weighted by Crippen LogP contribution is 2.34. The Morgan fingerprint density at radius 2 is 2.00 bits per heavy atom. The molecule has 0 aliphatic heterocycles. The van der Waals surface area contributed by atoms with E-state index in [1.807, 2.05) is 0 Å². The Morgan fingerprint density at radius 3 is 2.69 bits per heavy atom. The molecule has 1 heterocycles. The highest BCUT2D eigenvalue weighted by atomic mass is 35.5. The number of hydrogen-bond donors (Lipinski definition) is 0. The zero-order valence-electron chi connectivity index (χ0n) is 7.81. The second-order valence-corrected chi connectivity index (χ2v) is 4.14. The number of aromatic nitrogens is 1. The van der Waals surface area contributed by atoms with Crippen molar-refractivity contribution in [3.63, 3.8) is 0 Å². The van der Waals surface area contributed by atoms with E-state index < -0.39 is 5.82 Å². The van der Waals surface area contributed by atoms with E-state index in [9.17, 15) is 4.39 Å². The molecular formula is C10H5Cl3FNO. The summed E-state index contributed by atoms with van der Waals surface area (Å²) in [7, 11) is 0. The van der Waals surface area contributed by atoms with Crippen molar-refractivity contribution in [1.29, 1.82) is 0 Å². The lowest BCUT2D eigenvalue weighted by Crippen LogP contribution is -1.85. The summed E-state index contributed by atoms with van der Waals surface area (Å²) in [6.45, 7) is 0. The van der Waals surface area contributed by atoms with E-state index in [1.165, 1.54) is 18.3 Å². The summed E-state index contributed by atoms with van der Waals surface area (Å²) >= 11 is 17.2. The predicted molar refractivity (Wildman–Crippen MR) is 61.5 cm³/mol. The lowest BCUT2D eigenvalue weighted by Gasteiger charge is -2.03. The number of hydrogen-bond acceptors (Lipinski definition) is 2. The number of benzene rings is 1. The molecule has 0 spiro atoms. The number of alkyl halides is 1. The maximum absolute atomic E-state index is 13.3. The molecule has 0 saturated heterocycles. The van der Waals surface area contributed by atoms with Crippen LogP contribution < -0.4 is 0 Å². The molecule has 0 amide bonds. The minimum absolute atomic E-state index is 0.0410. The first-order valence-electron chi connectivity index (χ1n) is 4.28. The first kappa shape index (κ1) is 11.7. The van der Waals surface area contributed by atoms with Crippen molar-refractivity contribution in [3.05, 3.63) is 39.8 Å². The third-order valence-corrected chi connectivity index (χ3v) is 2.93. The van der Waals surface area contributed by atoms with Gasteiger partial charge in [-0.15, -0.1) is 11.6 Å². The fourth-order valence-electron chi connectivity index (χ4n) is 1.27. The summed E-state index contributed by atoms with van der Waals surface area (Å²) in [5, 5.41) is 3.83. The molecule has 0 bridgehead atoms. The summed E-state index contributed by atoms with van der Waals surface area (Å²) < 4.78 is 18.3. The van der Waals surface area contributed by atoms with Crippen LogP contribution in [0.15, 0.2) is 22.9 Å². The lowest BCUT2D eigenvalue weighted by atomic mass is 10.1. The molecule has 0 atom stereocenters. The van der Waals surface area contributed by atoms with Gasteiger partial charge in [0.05, 0.1) is 22.1 Å². The Hall–Kier alpha value is -0.770. The molecule has 0 radical (unpaired) electrons. The second-order valence-electron chi connectivity index (χ2n) is 3.06. The average molecular weight is 281 g/mol. The molecule has 0 N–H and O–H groups in total. The Labute approximate surface area is 106 Å². The van der Waals surface area contributed by atoms with Crippen molar-refractivity contribution in [3.8, 4) is 11.3 Å². The summed E-state index contributed by atoms with van der Waals surface area (Å²) in [6, 6.07) is 2.51. The molecule has 6 heteroatoms. The number of rotatable bonds is 2. The van der Waals surface area contributed by atoms with Crippen LogP contribution in [0.1, 0.15) is 5.56 Å². The van der Waals surface area contributed by atoms with Gasteiger partial charge in [-0.3, -0.25) is 0 Å². The van der Waals surface area contributed by atoms with Gasteiger partial charge in [0.15, 0.2) is 5.76 Å². The van der Waals surface area contributed by atoms with Gasteiger partial charge in [-0.05, 0) is 12.1 Å². The molecule has 0 fully saturated rings. The van der Waals surface area contributed by atoms with Gasteiger partial charge >= 0.3 is 0 Å². The maximum atomic E-state index is 13.3. The van der Waals surface area contributed by atoms with Crippen LogP contribution in [0.3, 0.4) is 0 Å². The molecule has 16 heavy (non-hydrogen) atoms. The molecule has 0 unspecified atom stereocenters. The monoisotopic (exact) mass is 279 g/mol. The molecule has 1 aromatic heterocycles. The van der Waals surface area contributed by atoms with Crippen LogP contribution in [0.4, 0.5) is 4.39 Å². The molecule has 2 rings (SSSR count). The minimum atomic E-state index is -0.571. The van der Waals surface area contributed by atoms with Crippen molar-refractivity contribution in [2.24, 2.45) is 0 Å². The zero-order valence-corrected chi connectivity index (χ0v) is 10.1. The van der Waals surface area contributed by atoms with Gasteiger partial charge in [0.1, 0.15) is 5.82 Å². The molecule has 0 aliphatic carbocycles. The Kier molecular flexibility index (Phi) is 3.38. The van der Waals surface area contributed by atoms with Crippen molar-refractivity contribution in [1.82, 2.24) is 5.16 Å². The van der Waals surface area contributed by atoms with Gasteiger partial charge < -0.3 is 4.52 Å². The topological polar surface area (TPSA) is 26.0 Å². The molecular weight excluding hydrogens is 275 g/mol. The Bertz CT molecular complexity index is 527. The maximum Gasteiger partial charge on any atom is 0.172 e. The van der Waals surface area contributed by atoms with Gasteiger partial charge in [-0.1, -0.05) is 28.4 Å². The molecule has 0 saturated carbocycles. The number of halogens is 4. The molecule has 0 aliphatic rings. The largest absolute Gasteiger partial charge is 0.356 e. The van der Waals surface area contributed by atoms with Gasteiger partial charge in [-0.2, -0.15) is 0 Å². The van der Waals surface area contributed by atoms with Crippen LogP contribution in [0.25, 0.3) is 11.3 Å². The summed E-state index contributed by atoms with van der Waals surface area (Å²) in [5.74, 6) is -0.00655. The SMILES string of the molecule is Fc1cc(-c2oncc2CCl)c(Cl)cc1Cl. The quantitative estimate of drug-likeness (QED) is 0.597. The Morgan fingerprint density at radius 1 is 1.25 bits per heavy atom. The summed E-state index contributed by atoms with van der Waals surface area (Å²) in [5.41, 5.74) is 1.03. The fourth-order valence-corrected chi connectivity index (χ4v) is 1.93. The first-order valence-corrected chi connectivity index (χ1v) is 5.57.